The molecule has 1 aromatic carbocycles. The summed E-state index contributed by atoms with van der Waals surface area (Å²) in [4.78, 5) is 4.45. The molecule has 2 aromatic heterocycles. The van der Waals surface area contributed by atoms with Gasteiger partial charge in [0.05, 0.1) is 11.7 Å². The molecule has 0 aliphatic carbocycles. The van der Waals surface area contributed by atoms with Gasteiger partial charge in [-0.25, -0.2) is 4.98 Å². The number of aromatic nitrogens is 5. The maximum absolute atomic E-state index is 5.08. The first-order valence-electron chi connectivity index (χ1n) is 5.60. The molecule has 0 aliphatic rings. The summed E-state index contributed by atoms with van der Waals surface area (Å²) in [5, 5.41) is 12.4. The molecule has 0 radical (unpaired) electrons. The van der Waals surface area contributed by atoms with Crippen molar-refractivity contribution in [2.24, 2.45) is 7.05 Å². The van der Waals surface area contributed by atoms with Gasteiger partial charge in [-0.3, -0.25) is 9.78 Å². The number of ether oxygens (including phenoxy) is 1. The van der Waals surface area contributed by atoms with Crippen molar-refractivity contribution in [3.8, 4) is 11.4 Å². The molecule has 0 spiro atoms. The van der Waals surface area contributed by atoms with Gasteiger partial charge in [0, 0.05) is 25.1 Å². The molecule has 6 heteroatoms. The van der Waals surface area contributed by atoms with Crippen molar-refractivity contribution in [2.75, 3.05) is 7.11 Å². The third kappa shape index (κ3) is 1.76. The predicted octanol–water partition coefficient (Wildman–Crippen LogP) is 1.50. The van der Waals surface area contributed by atoms with Gasteiger partial charge in [-0.05, 0) is 6.07 Å². The van der Waals surface area contributed by atoms with E-state index in [2.05, 4.69) is 20.3 Å². The van der Waals surface area contributed by atoms with Gasteiger partial charge in [-0.1, -0.05) is 12.1 Å². The largest absolute Gasteiger partial charge is 0.377 e. The van der Waals surface area contributed by atoms with Crippen LogP contribution in [0.3, 0.4) is 0 Å². The Hall–Kier alpha value is -2.21. The number of nitrogens with one attached hydrogen (secondary N) is 1. The van der Waals surface area contributed by atoms with Crippen LogP contribution in [0.25, 0.3) is 22.3 Å². The van der Waals surface area contributed by atoms with Gasteiger partial charge in [0.1, 0.15) is 6.61 Å². The predicted molar refractivity (Wildman–Crippen MR) is 66.8 cm³/mol. The molecule has 2 heterocycles. The van der Waals surface area contributed by atoms with E-state index < -0.39 is 0 Å². The Labute approximate surface area is 104 Å². The van der Waals surface area contributed by atoms with Gasteiger partial charge >= 0.3 is 0 Å². The van der Waals surface area contributed by atoms with Crippen LogP contribution in [0.1, 0.15) is 5.82 Å². The molecule has 3 rings (SSSR count). The van der Waals surface area contributed by atoms with Crippen molar-refractivity contribution >= 4 is 10.9 Å². The Bertz CT molecular complexity index is 685. The smallest absolute Gasteiger partial charge is 0.181 e. The van der Waals surface area contributed by atoms with Crippen LogP contribution in [-0.4, -0.2) is 32.1 Å². The monoisotopic (exact) mass is 243 g/mol. The molecular formula is C12H13N5O. The van der Waals surface area contributed by atoms with Gasteiger partial charge in [0.15, 0.2) is 11.6 Å². The van der Waals surface area contributed by atoms with Crippen LogP contribution in [0.4, 0.5) is 0 Å². The fourth-order valence-electron chi connectivity index (χ4n) is 1.87. The molecule has 0 saturated carbocycles. The van der Waals surface area contributed by atoms with Crippen LogP contribution in [0.15, 0.2) is 24.4 Å². The molecule has 0 unspecified atom stereocenters. The number of aryl methyl sites for hydroxylation is 1. The third-order valence-corrected chi connectivity index (χ3v) is 2.83. The summed E-state index contributed by atoms with van der Waals surface area (Å²) in [5.41, 5.74) is 1.94. The van der Waals surface area contributed by atoms with E-state index in [-0.39, 0.29) is 0 Å². The molecule has 6 nitrogen and oxygen atoms in total. The fraction of sp³-hybridized carbons (Fsp3) is 0.250. The molecule has 0 saturated heterocycles. The first kappa shape index (κ1) is 10.9. The van der Waals surface area contributed by atoms with Gasteiger partial charge in [-0.2, -0.15) is 10.2 Å². The highest BCUT2D eigenvalue weighted by Gasteiger charge is 2.09. The number of rotatable bonds is 3. The van der Waals surface area contributed by atoms with Crippen LogP contribution < -0.4 is 0 Å². The lowest BCUT2D eigenvalue weighted by Crippen LogP contribution is -2.00. The summed E-state index contributed by atoms with van der Waals surface area (Å²) < 4.78 is 6.81. The number of hydrogen-bond acceptors (Lipinski definition) is 4. The quantitative estimate of drug-likeness (QED) is 0.757. The summed E-state index contributed by atoms with van der Waals surface area (Å²) >= 11 is 0. The van der Waals surface area contributed by atoms with E-state index in [0.29, 0.717) is 12.4 Å². The first-order chi connectivity index (χ1) is 8.78. The highest BCUT2D eigenvalue weighted by Crippen LogP contribution is 2.20. The Morgan fingerprint density at radius 3 is 3.11 bits per heavy atom. The highest BCUT2D eigenvalue weighted by atomic mass is 16.5. The number of nitrogens with zero attached hydrogens (tertiary/aromatic N) is 4. The van der Waals surface area contributed by atoms with E-state index in [1.54, 1.807) is 18.0 Å². The zero-order valence-electron chi connectivity index (χ0n) is 10.2. The molecule has 0 atom stereocenters. The molecule has 0 fully saturated rings. The second kappa shape index (κ2) is 4.23. The minimum Gasteiger partial charge on any atom is -0.377 e. The average Bonchev–Trinajstić information content (AvgIpc) is 2.96. The van der Waals surface area contributed by atoms with Crippen LogP contribution >= 0.6 is 0 Å². The molecule has 0 bridgehead atoms. The maximum atomic E-state index is 5.08. The first-order valence-corrected chi connectivity index (χ1v) is 5.60. The van der Waals surface area contributed by atoms with Crippen LogP contribution in [0.5, 0.6) is 0 Å². The number of fused-ring (bicyclic) bond motifs is 1. The second-order valence-electron chi connectivity index (χ2n) is 4.08. The van der Waals surface area contributed by atoms with E-state index in [1.165, 1.54) is 0 Å². The summed E-state index contributed by atoms with van der Waals surface area (Å²) in [5.74, 6) is 1.50. The lowest BCUT2D eigenvalue weighted by molar-refractivity contribution is 0.174. The lowest BCUT2D eigenvalue weighted by Gasteiger charge is -1.95. The molecule has 18 heavy (non-hydrogen) atoms. The molecule has 0 amide bonds. The van der Waals surface area contributed by atoms with Gasteiger partial charge in [0.25, 0.3) is 0 Å². The molecule has 92 valence electrons. The zero-order chi connectivity index (χ0) is 12.5. The van der Waals surface area contributed by atoms with Crippen molar-refractivity contribution in [2.45, 2.75) is 6.61 Å². The molecule has 1 N–H and O–H groups in total. The summed E-state index contributed by atoms with van der Waals surface area (Å²) in [6, 6.07) is 5.98. The van der Waals surface area contributed by atoms with Crippen LogP contribution in [0, 0.1) is 0 Å². The van der Waals surface area contributed by atoms with Crippen molar-refractivity contribution in [3.63, 3.8) is 0 Å². The minimum absolute atomic E-state index is 0.454. The number of H-pyrrole nitrogens is 1. The topological polar surface area (TPSA) is 68.6 Å². The Kier molecular flexibility index (Phi) is 2.56. The van der Waals surface area contributed by atoms with Gasteiger partial charge < -0.3 is 4.74 Å². The highest BCUT2D eigenvalue weighted by molar-refractivity contribution is 5.82. The number of aromatic amines is 1. The SMILES string of the molecule is COCc1nc(-c2ccc3cn[nH]c3c2)nn1C. The van der Waals surface area contributed by atoms with E-state index in [1.807, 2.05) is 25.2 Å². The van der Waals surface area contributed by atoms with Crippen molar-refractivity contribution in [3.05, 3.63) is 30.2 Å². The zero-order valence-corrected chi connectivity index (χ0v) is 10.2. The van der Waals surface area contributed by atoms with Crippen molar-refractivity contribution in [1.29, 1.82) is 0 Å². The third-order valence-electron chi connectivity index (χ3n) is 2.83. The van der Waals surface area contributed by atoms with Gasteiger partial charge in [-0.15, -0.1) is 0 Å². The Morgan fingerprint density at radius 2 is 2.28 bits per heavy atom. The van der Waals surface area contributed by atoms with Crippen molar-refractivity contribution in [1.82, 2.24) is 25.0 Å². The summed E-state index contributed by atoms with van der Waals surface area (Å²) in [6.07, 6.45) is 1.79. The maximum Gasteiger partial charge on any atom is 0.181 e. The number of methoxy groups -OCH3 is 1. The molecule has 0 aliphatic heterocycles. The number of benzene rings is 1. The minimum atomic E-state index is 0.454. The van der Waals surface area contributed by atoms with Crippen LogP contribution in [-0.2, 0) is 18.4 Å². The normalized spacial score (nSPS) is 11.2. The van der Waals surface area contributed by atoms with E-state index in [0.717, 1.165) is 22.3 Å². The lowest BCUT2D eigenvalue weighted by atomic mass is 10.1. The molecule has 3 aromatic rings. The van der Waals surface area contributed by atoms with Crippen LogP contribution in [0.2, 0.25) is 0 Å². The van der Waals surface area contributed by atoms with E-state index in [9.17, 15) is 0 Å². The van der Waals surface area contributed by atoms with E-state index in [4.69, 9.17) is 4.74 Å². The average molecular weight is 243 g/mol. The second-order valence-corrected chi connectivity index (χ2v) is 4.08. The standard InChI is InChI=1S/C12H13N5O/c1-17-11(7-18-2)14-12(16-17)8-3-4-9-6-13-15-10(9)5-8/h3-6H,7H2,1-2H3,(H,13,15). The fourth-order valence-corrected chi connectivity index (χ4v) is 1.87. The molecular weight excluding hydrogens is 230 g/mol. The number of hydrogen-bond donors (Lipinski definition) is 1. The Balaban J connectivity index is 2.05. The van der Waals surface area contributed by atoms with E-state index >= 15 is 0 Å². The summed E-state index contributed by atoms with van der Waals surface area (Å²) in [7, 11) is 3.50. The Morgan fingerprint density at radius 1 is 1.39 bits per heavy atom. The summed E-state index contributed by atoms with van der Waals surface area (Å²) in [6.45, 7) is 0.454. The van der Waals surface area contributed by atoms with Gasteiger partial charge in [0.2, 0.25) is 0 Å². The van der Waals surface area contributed by atoms with Crippen molar-refractivity contribution < 1.29 is 4.74 Å².